The van der Waals surface area contributed by atoms with Crippen LogP contribution in [-0.4, -0.2) is 17.1 Å². The fourth-order valence-electron chi connectivity index (χ4n) is 1.66. The minimum absolute atomic E-state index is 0.344. The molecule has 1 aromatic carbocycles. The van der Waals surface area contributed by atoms with E-state index < -0.39 is 5.38 Å². The summed E-state index contributed by atoms with van der Waals surface area (Å²) in [5.74, 6) is 0.118. The van der Waals surface area contributed by atoms with Crippen molar-refractivity contribution in [1.82, 2.24) is 9.97 Å². The third-order valence-corrected chi connectivity index (χ3v) is 3.62. The number of hydrogen-bond donors (Lipinski definition) is 0. The molecule has 0 aliphatic rings. The monoisotopic (exact) mass is 344 g/mol. The molecule has 0 radical (unpaired) electrons. The lowest BCUT2D eigenvalue weighted by Gasteiger charge is -2.11. The number of halogens is 3. The summed E-state index contributed by atoms with van der Waals surface area (Å²) in [5, 5.41) is -0.503. The molecule has 0 saturated carbocycles. The van der Waals surface area contributed by atoms with Crippen molar-refractivity contribution in [3.63, 3.8) is 0 Å². The Kier molecular flexibility index (Phi) is 4.71. The van der Waals surface area contributed by atoms with Crippen molar-refractivity contribution in [3.8, 4) is 5.88 Å². The minimum atomic E-state index is -0.503. The van der Waals surface area contributed by atoms with Gasteiger partial charge in [-0.15, -0.1) is 11.6 Å². The molecule has 2 rings (SSSR count). The van der Waals surface area contributed by atoms with E-state index in [1.165, 1.54) is 13.4 Å². The van der Waals surface area contributed by atoms with Gasteiger partial charge < -0.3 is 4.74 Å². The second kappa shape index (κ2) is 6.30. The molecule has 0 bridgehead atoms. The Labute approximate surface area is 123 Å². The van der Waals surface area contributed by atoms with Gasteiger partial charge in [-0.3, -0.25) is 0 Å². The van der Waals surface area contributed by atoms with Crippen molar-refractivity contribution in [3.05, 3.63) is 52.1 Å². The summed E-state index contributed by atoms with van der Waals surface area (Å²) in [6, 6.07) is 6.73. The Balaban J connectivity index is 2.20. The summed E-state index contributed by atoms with van der Waals surface area (Å²) in [6.45, 7) is 0. The number of methoxy groups -OCH3 is 1. The Hall–Kier alpha value is -1.20. The highest BCUT2D eigenvalue weighted by molar-refractivity contribution is 9.10. The number of rotatable bonds is 4. The van der Waals surface area contributed by atoms with Gasteiger partial charge in [0.05, 0.1) is 17.0 Å². The topological polar surface area (TPSA) is 35.0 Å². The van der Waals surface area contributed by atoms with Crippen LogP contribution in [0, 0.1) is 5.82 Å². The van der Waals surface area contributed by atoms with E-state index in [0.29, 0.717) is 28.0 Å². The molecule has 1 heterocycles. The Bertz CT molecular complexity index is 582. The van der Waals surface area contributed by atoms with Gasteiger partial charge in [0.25, 0.3) is 0 Å². The van der Waals surface area contributed by atoms with Crippen LogP contribution in [0.3, 0.4) is 0 Å². The molecule has 0 aliphatic heterocycles. The smallest absolute Gasteiger partial charge is 0.216 e. The first-order valence-corrected chi connectivity index (χ1v) is 6.77. The molecule has 19 heavy (non-hydrogen) atoms. The van der Waals surface area contributed by atoms with Crippen LogP contribution >= 0.6 is 27.5 Å². The first-order chi connectivity index (χ1) is 9.11. The van der Waals surface area contributed by atoms with E-state index in [4.69, 9.17) is 16.3 Å². The quantitative estimate of drug-likeness (QED) is 0.788. The minimum Gasteiger partial charge on any atom is -0.481 e. The summed E-state index contributed by atoms with van der Waals surface area (Å²) in [4.78, 5) is 8.01. The fourth-order valence-corrected chi connectivity index (χ4v) is 2.36. The van der Waals surface area contributed by atoms with Crippen molar-refractivity contribution >= 4 is 27.5 Å². The van der Waals surface area contributed by atoms with Gasteiger partial charge in [-0.2, -0.15) is 0 Å². The summed E-state index contributed by atoms with van der Waals surface area (Å²) < 4.78 is 19.3. The predicted molar refractivity (Wildman–Crippen MR) is 75.0 cm³/mol. The van der Waals surface area contributed by atoms with Crippen LogP contribution < -0.4 is 4.74 Å². The second-order valence-corrected chi connectivity index (χ2v) is 5.25. The summed E-state index contributed by atoms with van der Waals surface area (Å²) in [6.07, 6.45) is 1.79. The molecule has 0 amide bonds. The molecule has 2 aromatic rings. The lowest BCUT2D eigenvalue weighted by atomic mass is 10.1. The fraction of sp³-hybridized carbons (Fsp3) is 0.231. The zero-order valence-electron chi connectivity index (χ0n) is 10.1. The van der Waals surface area contributed by atoms with Gasteiger partial charge in [0.2, 0.25) is 5.88 Å². The highest BCUT2D eigenvalue weighted by atomic mass is 79.9. The van der Waals surface area contributed by atoms with E-state index in [-0.39, 0.29) is 5.82 Å². The second-order valence-electron chi connectivity index (χ2n) is 3.87. The zero-order chi connectivity index (χ0) is 13.8. The largest absolute Gasteiger partial charge is 0.481 e. The third kappa shape index (κ3) is 3.42. The maximum Gasteiger partial charge on any atom is 0.216 e. The highest BCUT2D eigenvalue weighted by Gasteiger charge is 2.16. The molecule has 3 nitrogen and oxygen atoms in total. The standard InChI is InChI=1S/C13H11BrClFN2O/c1-19-12-6-8(17-7-18-12)5-11(15)9-3-2-4-10(14)13(9)16/h2-4,6-7,11H,5H2,1H3. The van der Waals surface area contributed by atoms with Gasteiger partial charge in [-0.25, -0.2) is 14.4 Å². The van der Waals surface area contributed by atoms with Gasteiger partial charge in [-0.1, -0.05) is 12.1 Å². The average Bonchev–Trinajstić information content (AvgIpc) is 2.42. The van der Waals surface area contributed by atoms with Crippen LogP contribution in [0.4, 0.5) is 4.39 Å². The first kappa shape index (κ1) is 14.2. The number of benzene rings is 1. The molecule has 0 spiro atoms. The predicted octanol–water partition coefficient (Wildman–Crippen LogP) is 3.91. The molecule has 0 N–H and O–H groups in total. The van der Waals surface area contributed by atoms with Crippen LogP contribution in [0.2, 0.25) is 0 Å². The van der Waals surface area contributed by atoms with Crippen LogP contribution in [0.1, 0.15) is 16.6 Å². The van der Waals surface area contributed by atoms with Crippen LogP contribution in [0.5, 0.6) is 5.88 Å². The lowest BCUT2D eigenvalue weighted by Crippen LogP contribution is -2.02. The molecular formula is C13H11BrClFN2O. The Morgan fingerprint density at radius 1 is 1.42 bits per heavy atom. The van der Waals surface area contributed by atoms with Crippen molar-refractivity contribution in [1.29, 1.82) is 0 Å². The molecule has 1 atom stereocenters. The lowest BCUT2D eigenvalue weighted by molar-refractivity contribution is 0.396. The highest BCUT2D eigenvalue weighted by Crippen LogP contribution is 2.30. The summed E-state index contributed by atoms with van der Waals surface area (Å²) >= 11 is 9.39. The third-order valence-electron chi connectivity index (χ3n) is 2.62. The van der Waals surface area contributed by atoms with Gasteiger partial charge in [-0.05, 0) is 22.0 Å². The average molecular weight is 346 g/mol. The van der Waals surface area contributed by atoms with Crippen molar-refractivity contribution < 1.29 is 9.13 Å². The molecular weight excluding hydrogens is 335 g/mol. The van der Waals surface area contributed by atoms with Crippen LogP contribution in [0.15, 0.2) is 35.1 Å². The molecule has 100 valence electrons. The van der Waals surface area contributed by atoms with Crippen molar-refractivity contribution in [2.75, 3.05) is 7.11 Å². The van der Waals surface area contributed by atoms with Gasteiger partial charge in [0, 0.05) is 23.7 Å². The Morgan fingerprint density at radius 3 is 2.95 bits per heavy atom. The number of hydrogen-bond acceptors (Lipinski definition) is 3. The van der Waals surface area contributed by atoms with E-state index >= 15 is 0 Å². The number of ether oxygens (including phenoxy) is 1. The van der Waals surface area contributed by atoms with E-state index in [1.54, 1.807) is 24.3 Å². The molecule has 1 aromatic heterocycles. The normalized spacial score (nSPS) is 12.2. The van der Waals surface area contributed by atoms with Crippen LogP contribution in [0.25, 0.3) is 0 Å². The van der Waals surface area contributed by atoms with Crippen molar-refractivity contribution in [2.45, 2.75) is 11.8 Å². The van der Waals surface area contributed by atoms with Gasteiger partial charge in [0.15, 0.2) is 0 Å². The van der Waals surface area contributed by atoms with E-state index in [2.05, 4.69) is 25.9 Å². The maximum absolute atomic E-state index is 13.9. The number of aromatic nitrogens is 2. The zero-order valence-corrected chi connectivity index (χ0v) is 12.4. The van der Waals surface area contributed by atoms with Crippen LogP contribution in [-0.2, 0) is 6.42 Å². The molecule has 1 unspecified atom stereocenters. The number of nitrogens with zero attached hydrogens (tertiary/aromatic N) is 2. The number of alkyl halides is 1. The first-order valence-electron chi connectivity index (χ1n) is 5.54. The summed E-state index contributed by atoms with van der Waals surface area (Å²) in [7, 11) is 1.53. The maximum atomic E-state index is 13.9. The molecule has 6 heteroatoms. The molecule has 0 saturated heterocycles. The van der Waals surface area contributed by atoms with Crippen molar-refractivity contribution in [2.24, 2.45) is 0 Å². The molecule has 0 fully saturated rings. The summed E-state index contributed by atoms with van der Waals surface area (Å²) in [5.41, 5.74) is 1.14. The van der Waals surface area contributed by atoms with Gasteiger partial charge >= 0.3 is 0 Å². The SMILES string of the molecule is COc1cc(CC(Cl)c2cccc(Br)c2F)ncn1. The molecule has 0 aliphatic carbocycles. The van der Waals surface area contributed by atoms with E-state index in [9.17, 15) is 4.39 Å². The van der Waals surface area contributed by atoms with Gasteiger partial charge in [0.1, 0.15) is 12.1 Å². The van der Waals surface area contributed by atoms with E-state index in [1.807, 2.05) is 0 Å². The Morgan fingerprint density at radius 2 is 2.21 bits per heavy atom. The van der Waals surface area contributed by atoms with E-state index in [0.717, 1.165) is 0 Å².